The number of nitrogens with two attached hydrogens (primary N) is 2. The Morgan fingerprint density at radius 3 is 2.49 bits per heavy atom. The van der Waals surface area contributed by atoms with E-state index in [4.69, 9.17) is 20.9 Å². The molecule has 5 N–H and O–H groups in total. The third kappa shape index (κ3) is 6.74. The van der Waals surface area contributed by atoms with E-state index in [0.29, 0.717) is 39.8 Å². The fourth-order valence-electron chi connectivity index (χ4n) is 5.99. The normalized spacial score (nSPS) is 14.7. The molecule has 13 heteroatoms. The van der Waals surface area contributed by atoms with E-state index in [1.807, 2.05) is 12.1 Å². The van der Waals surface area contributed by atoms with Crippen LogP contribution in [0.2, 0.25) is 0 Å². The second-order valence-corrected chi connectivity index (χ2v) is 12.2. The topological polar surface area (TPSA) is 150 Å². The van der Waals surface area contributed by atoms with Crippen molar-refractivity contribution >= 4 is 34.3 Å². The van der Waals surface area contributed by atoms with Gasteiger partial charge in [0.2, 0.25) is 17.4 Å². The Balaban J connectivity index is 1.27. The fourth-order valence-corrected chi connectivity index (χ4v) is 5.99. The first-order valence-electron chi connectivity index (χ1n) is 16.0. The van der Waals surface area contributed by atoms with Crippen LogP contribution < -0.4 is 20.9 Å². The zero-order valence-electron chi connectivity index (χ0n) is 27.7. The summed E-state index contributed by atoms with van der Waals surface area (Å²) in [7, 11) is 1.67. The number of allylic oxidation sites excluding steroid dienone is 1. The maximum Gasteiger partial charge on any atom is 0.219 e. The summed E-state index contributed by atoms with van der Waals surface area (Å²) in [5, 5.41) is 5.13. The molecule has 0 spiro atoms. The average Bonchev–Trinajstić information content (AvgIpc) is 3.68. The minimum atomic E-state index is -0.853. The van der Waals surface area contributed by atoms with Crippen molar-refractivity contribution in [2.75, 3.05) is 25.9 Å². The number of H-pyrrole nitrogens is 1. The van der Waals surface area contributed by atoms with Crippen molar-refractivity contribution in [1.29, 1.82) is 0 Å². The van der Waals surface area contributed by atoms with Crippen molar-refractivity contribution in [3.05, 3.63) is 95.1 Å². The Morgan fingerprint density at radius 1 is 1.10 bits per heavy atom. The van der Waals surface area contributed by atoms with Gasteiger partial charge in [-0.05, 0) is 69.5 Å². The molecule has 0 unspecified atom stereocenters. The molecular formula is C36H38F2N8O3. The fraction of sp³-hybridized carbons (Fsp3) is 0.278. The molecule has 1 fully saturated rings. The van der Waals surface area contributed by atoms with E-state index in [0.717, 1.165) is 49.0 Å². The van der Waals surface area contributed by atoms with Gasteiger partial charge in [0, 0.05) is 66.7 Å². The van der Waals surface area contributed by atoms with Crippen molar-refractivity contribution in [3.63, 3.8) is 0 Å². The van der Waals surface area contributed by atoms with Crippen LogP contribution in [0.5, 0.6) is 17.4 Å². The number of carbonyl (C=O) groups excluding carboxylic acids is 1. The quantitative estimate of drug-likeness (QED) is 0.118. The first kappa shape index (κ1) is 33.3. The van der Waals surface area contributed by atoms with E-state index in [-0.39, 0.29) is 29.1 Å². The van der Waals surface area contributed by atoms with Crippen LogP contribution in [-0.4, -0.2) is 68.9 Å². The predicted molar refractivity (Wildman–Crippen MR) is 186 cm³/mol. The van der Waals surface area contributed by atoms with Gasteiger partial charge in [-0.15, -0.1) is 0 Å². The number of ether oxygens (including phenoxy) is 2. The van der Waals surface area contributed by atoms with Crippen LogP contribution in [0.25, 0.3) is 22.2 Å². The van der Waals surface area contributed by atoms with Crippen molar-refractivity contribution in [2.45, 2.75) is 45.8 Å². The molecule has 1 saturated heterocycles. The van der Waals surface area contributed by atoms with Gasteiger partial charge in [0.15, 0.2) is 11.6 Å². The van der Waals surface area contributed by atoms with Crippen LogP contribution in [0.3, 0.4) is 0 Å². The van der Waals surface area contributed by atoms with Gasteiger partial charge in [-0.2, -0.15) is 5.10 Å². The Labute approximate surface area is 282 Å². The highest BCUT2D eigenvalue weighted by Crippen LogP contribution is 2.34. The second kappa shape index (κ2) is 13.9. The molecule has 0 radical (unpaired) electrons. The number of ketones is 1. The molecule has 3 aromatic heterocycles. The number of anilines is 1. The summed E-state index contributed by atoms with van der Waals surface area (Å²) in [4.78, 5) is 27.8. The lowest BCUT2D eigenvalue weighted by atomic mass is 10.0. The number of aromatic nitrogens is 4. The average molecular weight is 669 g/mol. The number of rotatable bonds is 10. The van der Waals surface area contributed by atoms with Crippen molar-refractivity contribution in [3.8, 4) is 23.1 Å². The number of aliphatic imine (C=N–C) groups is 1. The molecule has 6 rings (SSSR count). The van der Waals surface area contributed by atoms with Gasteiger partial charge in [-0.3, -0.25) is 9.79 Å². The molecule has 0 bridgehead atoms. The number of nitrogens with one attached hydrogen (secondary N) is 1. The monoisotopic (exact) mass is 668 g/mol. The van der Waals surface area contributed by atoms with Crippen LogP contribution in [0.1, 0.15) is 53.9 Å². The van der Waals surface area contributed by atoms with E-state index in [1.165, 1.54) is 35.4 Å². The zero-order chi connectivity index (χ0) is 34.8. The highest BCUT2D eigenvalue weighted by Gasteiger charge is 2.25. The number of likely N-dealkylation sites (tertiary alicyclic amines) is 1. The SMILES string of the molecule is CN=CC(=CN)c1cc2[nH]c(C(=O)c3cnn(-c4cnc(Oc5c(F)cccc5F)cc4C)c3N)cc2cc1OC1CCN(C(C)C)CC1. The summed E-state index contributed by atoms with van der Waals surface area (Å²) in [6, 6.07) is 11.0. The largest absolute Gasteiger partial charge is 0.490 e. The third-order valence-corrected chi connectivity index (χ3v) is 8.69. The predicted octanol–water partition coefficient (Wildman–Crippen LogP) is 6.19. The molecule has 11 nitrogen and oxygen atoms in total. The molecule has 254 valence electrons. The standard InChI is InChI=1S/C36H38F2N8O3/c1-20(2)45-10-8-24(9-11-45)48-32-14-22-13-30(44-29(22)15-25(32)23(16-39)17-41-4)34(47)26-18-43-46(36(26)40)31-19-42-33(12-21(31)3)49-35-27(37)6-5-7-28(35)38/h5-7,12-20,24,44H,8-11,39-40H2,1-4H3. The van der Waals surface area contributed by atoms with E-state index < -0.39 is 17.4 Å². The maximum atomic E-state index is 14.1. The first-order chi connectivity index (χ1) is 23.6. The molecule has 0 aliphatic carbocycles. The molecule has 0 atom stereocenters. The number of carbonyl (C=O) groups is 1. The maximum absolute atomic E-state index is 14.1. The highest BCUT2D eigenvalue weighted by atomic mass is 19.1. The zero-order valence-corrected chi connectivity index (χ0v) is 27.7. The van der Waals surface area contributed by atoms with Gasteiger partial charge >= 0.3 is 0 Å². The molecule has 0 saturated carbocycles. The minimum absolute atomic E-state index is 0.0214. The number of para-hydroxylation sites is 1. The highest BCUT2D eigenvalue weighted by molar-refractivity contribution is 6.14. The number of nitrogens with zero attached hydrogens (tertiary/aromatic N) is 5. The number of nitrogen functional groups attached to an aromatic ring is 1. The van der Waals surface area contributed by atoms with Crippen molar-refractivity contribution < 1.29 is 23.0 Å². The molecule has 0 amide bonds. The third-order valence-electron chi connectivity index (χ3n) is 8.69. The Kier molecular flexibility index (Phi) is 9.45. The Bertz CT molecular complexity index is 2060. The van der Waals surface area contributed by atoms with Gasteiger partial charge in [0.1, 0.15) is 17.7 Å². The lowest BCUT2D eigenvalue weighted by Crippen LogP contribution is -2.41. The second-order valence-electron chi connectivity index (χ2n) is 12.2. The number of aromatic amines is 1. The number of hydrogen-bond acceptors (Lipinski definition) is 9. The van der Waals surface area contributed by atoms with Crippen LogP contribution in [0, 0.1) is 18.6 Å². The van der Waals surface area contributed by atoms with E-state index in [1.54, 1.807) is 26.3 Å². The minimum Gasteiger partial charge on any atom is -0.490 e. The molecular weight excluding hydrogens is 630 g/mol. The number of aryl methyl sites for hydroxylation is 1. The van der Waals surface area contributed by atoms with Crippen molar-refractivity contribution in [1.82, 2.24) is 24.6 Å². The van der Waals surface area contributed by atoms with Crippen LogP contribution in [0.15, 0.2) is 66.1 Å². The number of hydrogen-bond donors (Lipinski definition) is 3. The molecule has 1 aliphatic heterocycles. The number of fused-ring (bicyclic) bond motifs is 1. The lowest BCUT2D eigenvalue weighted by molar-refractivity contribution is 0.0842. The summed E-state index contributed by atoms with van der Waals surface area (Å²) in [6.07, 6.45) is 7.78. The molecule has 49 heavy (non-hydrogen) atoms. The van der Waals surface area contributed by atoms with Gasteiger partial charge in [-0.1, -0.05) is 6.07 Å². The van der Waals surface area contributed by atoms with Crippen molar-refractivity contribution in [2.24, 2.45) is 10.7 Å². The van der Waals surface area contributed by atoms with E-state index in [9.17, 15) is 13.6 Å². The summed E-state index contributed by atoms with van der Waals surface area (Å²) < 4.78 is 41.5. The summed E-state index contributed by atoms with van der Waals surface area (Å²) in [5.74, 6) is -1.90. The van der Waals surface area contributed by atoms with Gasteiger partial charge in [0.05, 0.1) is 29.3 Å². The first-order valence-corrected chi connectivity index (χ1v) is 16.0. The van der Waals surface area contributed by atoms with Gasteiger partial charge in [0.25, 0.3) is 0 Å². The molecule has 5 aromatic rings. The molecule has 1 aliphatic rings. The Morgan fingerprint density at radius 2 is 1.84 bits per heavy atom. The van der Waals surface area contributed by atoms with E-state index >= 15 is 0 Å². The number of benzene rings is 2. The summed E-state index contributed by atoms with van der Waals surface area (Å²) in [6.45, 7) is 8.04. The number of halogens is 2. The van der Waals surface area contributed by atoms with E-state index in [2.05, 4.69) is 38.8 Å². The Hall–Kier alpha value is -5.56. The van der Waals surface area contributed by atoms with Gasteiger partial charge < -0.3 is 30.8 Å². The van der Waals surface area contributed by atoms with Gasteiger partial charge in [-0.25, -0.2) is 18.4 Å². The van der Waals surface area contributed by atoms with Crippen LogP contribution >= 0.6 is 0 Å². The number of piperidine rings is 1. The smallest absolute Gasteiger partial charge is 0.219 e. The number of pyridine rings is 1. The summed E-state index contributed by atoms with van der Waals surface area (Å²) >= 11 is 0. The lowest BCUT2D eigenvalue weighted by Gasteiger charge is -2.35. The summed E-state index contributed by atoms with van der Waals surface area (Å²) in [5.41, 5.74) is 16.1. The van der Waals surface area contributed by atoms with Crippen LogP contribution in [-0.2, 0) is 0 Å². The molecule has 4 heterocycles. The van der Waals surface area contributed by atoms with Crippen LogP contribution in [0.4, 0.5) is 14.6 Å². The molecule has 2 aromatic carbocycles.